The minimum atomic E-state index is -3.00. The molecule has 7 nitrogen and oxygen atoms in total. The Balaban J connectivity index is 1.61. The van der Waals surface area contributed by atoms with Crippen molar-refractivity contribution >= 4 is 43.6 Å². The fraction of sp³-hybridized carbons (Fsp3) is 0.250. The summed E-state index contributed by atoms with van der Waals surface area (Å²) in [5.41, 5.74) is 2.23. The number of halogens is 2. The number of hydrogen-bond acceptors (Lipinski definition) is 7. The highest BCUT2D eigenvalue weighted by Gasteiger charge is 2.51. The van der Waals surface area contributed by atoms with Crippen LogP contribution in [0, 0.1) is 0 Å². The van der Waals surface area contributed by atoms with Crippen molar-refractivity contribution in [2.24, 2.45) is 13.5 Å². The Hall–Kier alpha value is -0.770. The first kappa shape index (κ1) is 18.0. The lowest BCUT2D eigenvalue weighted by atomic mass is 10.2. The van der Waals surface area contributed by atoms with Gasteiger partial charge >= 0.3 is 15.2 Å². The van der Waals surface area contributed by atoms with E-state index >= 15 is 0 Å². The van der Waals surface area contributed by atoms with E-state index in [9.17, 15) is 0 Å². The molecule has 2 spiro atoms. The predicted molar refractivity (Wildman–Crippen MR) is 115 cm³/mol. The van der Waals surface area contributed by atoms with Gasteiger partial charge in [0.05, 0.1) is 0 Å². The Labute approximate surface area is 172 Å². The average molecular weight is 474 g/mol. The second-order valence-corrected chi connectivity index (χ2v) is 16.9. The van der Waals surface area contributed by atoms with E-state index in [1.807, 2.05) is 36.4 Å². The van der Waals surface area contributed by atoms with Gasteiger partial charge < -0.3 is 9.05 Å². The first-order valence-corrected chi connectivity index (χ1v) is 15.5. The van der Waals surface area contributed by atoms with Gasteiger partial charge in [0.2, 0.25) is 0 Å². The van der Waals surface area contributed by atoms with E-state index in [0.29, 0.717) is 13.1 Å². The van der Waals surface area contributed by atoms with Crippen molar-refractivity contribution in [2.45, 2.75) is 13.1 Å². The molecule has 0 saturated carbocycles. The standard InChI is InChI=1S/C16H16Cl2N5O2P3/c17-26(18)19-27-21-28(20-26)23(12-14-6-2-4-8-16(14)25-28)10-9-22(27)11-13-5-1-3-7-15(13)24-27/h1-8H,9-12H2/t27-,28+. The van der Waals surface area contributed by atoms with E-state index in [0.717, 1.165) is 35.7 Å². The summed E-state index contributed by atoms with van der Waals surface area (Å²) in [6, 6.07) is 16.0. The van der Waals surface area contributed by atoms with Crippen molar-refractivity contribution < 1.29 is 9.05 Å². The van der Waals surface area contributed by atoms with Gasteiger partial charge in [0, 0.05) is 37.3 Å². The zero-order valence-corrected chi connectivity index (χ0v) is 18.8. The molecule has 2 aromatic rings. The molecule has 4 aliphatic rings. The van der Waals surface area contributed by atoms with Crippen LogP contribution in [0.15, 0.2) is 62.1 Å². The van der Waals surface area contributed by atoms with Gasteiger partial charge in [-0.25, -0.2) is 9.34 Å². The van der Waals surface area contributed by atoms with Crippen LogP contribution in [-0.4, -0.2) is 22.4 Å². The molecular formula is C16H16Cl2N5O2P3. The van der Waals surface area contributed by atoms with Crippen LogP contribution in [0.1, 0.15) is 11.1 Å². The quantitative estimate of drug-likeness (QED) is 0.382. The maximum Gasteiger partial charge on any atom is 0.335 e. The van der Waals surface area contributed by atoms with Gasteiger partial charge in [-0.1, -0.05) is 36.4 Å². The van der Waals surface area contributed by atoms with Gasteiger partial charge in [-0.2, -0.15) is 9.03 Å². The molecule has 0 fully saturated rings. The van der Waals surface area contributed by atoms with Crippen LogP contribution in [0.5, 0.6) is 11.5 Å². The van der Waals surface area contributed by atoms with E-state index in [4.69, 9.17) is 45.1 Å². The molecule has 2 bridgehead atoms. The molecular weight excluding hydrogens is 458 g/mol. The average Bonchev–Trinajstić information content (AvgIpc) is 2.74. The highest BCUT2D eigenvalue weighted by atomic mass is 35.9. The molecule has 2 atom stereocenters. The Morgan fingerprint density at radius 3 is 1.79 bits per heavy atom. The SMILES string of the molecule is ClP1(Cl)=N[P@@]23=N[P@]4(=N1)Oc1ccccc1CN4CCN2Cc1ccccc1O3. The molecule has 0 unspecified atom stereocenters. The molecule has 0 N–H and O–H groups in total. The second kappa shape index (κ2) is 6.12. The Morgan fingerprint density at radius 2 is 1.21 bits per heavy atom. The van der Waals surface area contributed by atoms with Crippen molar-refractivity contribution in [2.75, 3.05) is 13.1 Å². The summed E-state index contributed by atoms with van der Waals surface area (Å²) in [5.74, 6) is -1.42. The van der Waals surface area contributed by atoms with Crippen LogP contribution < -0.4 is 9.05 Å². The van der Waals surface area contributed by atoms with Crippen molar-refractivity contribution in [3.63, 3.8) is 0 Å². The minimum Gasteiger partial charge on any atom is -0.430 e. The van der Waals surface area contributed by atoms with Crippen molar-refractivity contribution in [3.8, 4) is 11.5 Å². The lowest BCUT2D eigenvalue weighted by Gasteiger charge is -2.40. The fourth-order valence-electron chi connectivity index (χ4n) is 3.84. The lowest BCUT2D eigenvalue weighted by Crippen LogP contribution is -2.32. The number of benzene rings is 2. The number of rotatable bonds is 0. The van der Waals surface area contributed by atoms with Crippen LogP contribution in [0.4, 0.5) is 0 Å². The van der Waals surface area contributed by atoms with Gasteiger partial charge in [0.15, 0.2) is 0 Å². The van der Waals surface area contributed by atoms with E-state index < -0.39 is 21.1 Å². The maximum absolute atomic E-state index is 6.66. The smallest absolute Gasteiger partial charge is 0.335 e. The molecule has 0 aliphatic carbocycles. The molecule has 4 aliphatic heterocycles. The van der Waals surface area contributed by atoms with Gasteiger partial charge in [-0.05, 0) is 34.6 Å². The molecule has 6 rings (SSSR count). The Kier molecular flexibility index (Phi) is 3.94. The third kappa shape index (κ3) is 2.69. The normalized spacial score (nSPS) is 32.4. The topological polar surface area (TPSA) is 62.0 Å². The van der Waals surface area contributed by atoms with Crippen molar-refractivity contribution in [3.05, 3.63) is 59.7 Å². The molecule has 2 aromatic carbocycles. The summed E-state index contributed by atoms with van der Waals surface area (Å²) in [5, 5.41) is 0. The van der Waals surface area contributed by atoms with Crippen LogP contribution in [0.3, 0.4) is 0 Å². The highest BCUT2D eigenvalue weighted by molar-refractivity contribution is 8.13. The van der Waals surface area contributed by atoms with Crippen molar-refractivity contribution in [1.29, 1.82) is 0 Å². The molecule has 0 saturated heterocycles. The van der Waals surface area contributed by atoms with E-state index in [-0.39, 0.29) is 0 Å². The van der Waals surface area contributed by atoms with E-state index in [1.165, 1.54) is 0 Å². The number of para-hydroxylation sites is 2. The summed E-state index contributed by atoms with van der Waals surface area (Å²) < 4.78 is 31.9. The number of fused-ring (bicyclic) bond motifs is 2. The van der Waals surface area contributed by atoms with Crippen LogP contribution in [0.25, 0.3) is 0 Å². The predicted octanol–water partition coefficient (Wildman–Crippen LogP) is 7.12. The first-order chi connectivity index (χ1) is 13.5. The van der Waals surface area contributed by atoms with Gasteiger partial charge in [-0.3, -0.25) is 0 Å². The zero-order valence-electron chi connectivity index (χ0n) is 14.6. The molecule has 146 valence electrons. The molecule has 0 aromatic heterocycles. The van der Waals surface area contributed by atoms with Crippen molar-refractivity contribution in [1.82, 2.24) is 9.34 Å². The van der Waals surface area contributed by atoms with Crippen LogP contribution in [0.2, 0.25) is 0 Å². The largest absolute Gasteiger partial charge is 0.430 e. The Bertz CT molecular complexity index is 1120. The summed E-state index contributed by atoms with van der Waals surface area (Å²) in [6.45, 7) is 2.88. The second-order valence-electron chi connectivity index (χ2n) is 6.92. The highest BCUT2D eigenvalue weighted by Crippen LogP contribution is 2.85. The molecule has 4 heterocycles. The molecule has 28 heavy (non-hydrogen) atoms. The summed E-state index contributed by atoms with van der Waals surface area (Å²) in [7, 11) is -5.59. The third-order valence-electron chi connectivity index (χ3n) is 5.13. The van der Waals surface area contributed by atoms with E-state index in [2.05, 4.69) is 21.5 Å². The summed E-state index contributed by atoms with van der Waals surface area (Å²) in [6.07, 6.45) is 0. The van der Waals surface area contributed by atoms with Crippen LogP contribution in [-0.2, 0) is 13.1 Å². The number of hydrogen-bond donors (Lipinski definition) is 0. The third-order valence-corrected chi connectivity index (χ3v) is 16.1. The summed E-state index contributed by atoms with van der Waals surface area (Å²) in [4.78, 5) is 0. The minimum absolute atomic E-state index is 0.700. The molecule has 0 radical (unpaired) electrons. The first-order valence-electron chi connectivity index (χ1n) is 8.84. The zero-order chi connectivity index (χ0) is 19.0. The van der Waals surface area contributed by atoms with Gasteiger partial charge in [0.25, 0.3) is 5.91 Å². The Morgan fingerprint density at radius 1 is 0.714 bits per heavy atom. The number of nitrogens with zero attached hydrogens (tertiary/aromatic N) is 5. The summed E-state index contributed by atoms with van der Waals surface area (Å²) >= 11 is 13.3. The van der Waals surface area contributed by atoms with Gasteiger partial charge in [0.1, 0.15) is 11.5 Å². The fourth-order valence-corrected chi connectivity index (χ4v) is 16.7. The van der Waals surface area contributed by atoms with E-state index in [1.54, 1.807) is 0 Å². The molecule has 0 amide bonds. The van der Waals surface area contributed by atoms with Gasteiger partial charge in [-0.15, -0.1) is 4.52 Å². The maximum atomic E-state index is 6.66. The lowest BCUT2D eigenvalue weighted by molar-refractivity contribution is 0.315. The van der Waals surface area contributed by atoms with Crippen LogP contribution >= 0.6 is 43.6 Å². The molecule has 12 heteroatoms. The monoisotopic (exact) mass is 473 g/mol.